The molecule has 0 radical (unpaired) electrons. The van der Waals surface area contributed by atoms with Gasteiger partial charge in [0.2, 0.25) is 11.8 Å². The maximum absolute atomic E-state index is 12.3. The van der Waals surface area contributed by atoms with Crippen molar-refractivity contribution < 1.29 is 14.3 Å². The highest BCUT2D eigenvalue weighted by Gasteiger charge is 2.12. The van der Waals surface area contributed by atoms with Gasteiger partial charge in [0.05, 0.1) is 0 Å². The molecule has 0 saturated carbocycles. The topological polar surface area (TPSA) is 67.4 Å². The summed E-state index contributed by atoms with van der Waals surface area (Å²) in [7, 11) is 1.47. The van der Waals surface area contributed by atoms with Crippen molar-refractivity contribution in [3.8, 4) is 0 Å². The molecule has 2 N–H and O–H groups in total. The van der Waals surface area contributed by atoms with Crippen molar-refractivity contribution in [3.05, 3.63) is 59.7 Å². The molecule has 2 aromatic rings. The monoisotopic (exact) mass is 340 g/mol. The first kappa shape index (κ1) is 18.7. The lowest BCUT2D eigenvalue weighted by molar-refractivity contribution is -0.119. The number of benzene rings is 2. The minimum Gasteiger partial charge on any atom is -0.375 e. The van der Waals surface area contributed by atoms with Gasteiger partial charge < -0.3 is 15.4 Å². The first-order valence-corrected chi connectivity index (χ1v) is 8.24. The van der Waals surface area contributed by atoms with Crippen LogP contribution in [0.2, 0.25) is 0 Å². The third kappa shape index (κ3) is 5.72. The molecular formula is C20H24N2O3. The Balaban J connectivity index is 1.94. The van der Waals surface area contributed by atoms with Gasteiger partial charge in [0.15, 0.2) is 0 Å². The zero-order valence-corrected chi connectivity index (χ0v) is 14.8. The molecular weight excluding hydrogens is 316 g/mol. The number of rotatable bonds is 7. The molecule has 1 atom stereocenters. The smallest absolute Gasteiger partial charge is 0.250 e. The highest BCUT2D eigenvalue weighted by molar-refractivity contribution is 5.94. The van der Waals surface area contributed by atoms with Crippen molar-refractivity contribution in [3.63, 3.8) is 0 Å². The van der Waals surface area contributed by atoms with E-state index in [1.807, 2.05) is 50.2 Å². The quantitative estimate of drug-likeness (QED) is 0.807. The van der Waals surface area contributed by atoms with E-state index in [1.54, 1.807) is 12.1 Å². The van der Waals surface area contributed by atoms with Crippen LogP contribution in [-0.4, -0.2) is 25.5 Å². The molecule has 0 spiro atoms. The summed E-state index contributed by atoms with van der Waals surface area (Å²) >= 11 is 0. The first-order valence-electron chi connectivity index (χ1n) is 8.24. The molecule has 0 aliphatic carbocycles. The molecule has 132 valence electrons. The number of hydrogen-bond acceptors (Lipinski definition) is 3. The Morgan fingerprint density at radius 3 is 2.40 bits per heavy atom. The maximum Gasteiger partial charge on any atom is 0.250 e. The van der Waals surface area contributed by atoms with Gasteiger partial charge >= 0.3 is 0 Å². The molecule has 0 heterocycles. The van der Waals surface area contributed by atoms with Crippen molar-refractivity contribution >= 4 is 23.2 Å². The predicted octanol–water partition coefficient (Wildman–Crippen LogP) is 3.71. The third-order valence-electron chi connectivity index (χ3n) is 3.92. The molecule has 2 amide bonds. The van der Waals surface area contributed by atoms with Crippen molar-refractivity contribution in [2.45, 2.75) is 26.2 Å². The summed E-state index contributed by atoms with van der Waals surface area (Å²) in [5.41, 5.74) is 3.44. The average Bonchev–Trinajstić information content (AvgIpc) is 2.58. The highest BCUT2D eigenvalue weighted by Crippen LogP contribution is 2.22. The normalized spacial score (nSPS) is 11.6. The number of carbonyl (C=O) groups excluding carboxylic acids is 2. The van der Waals surface area contributed by atoms with Gasteiger partial charge in [-0.05, 0) is 42.2 Å². The molecule has 2 rings (SSSR count). The van der Waals surface area contributed by atoms with Gasteiger partial charge in [-0.2, -0.15) is 0 Å². The number of aryl methyl sites for hydroxylation is 1. The number of amides is 2. The van der Waals surface area contributed by atoms with Crippen LogP contribution >= 0.6 is 0 Å². The van der Waals surface area contributed by atoms with Crippen LogP contribution in [0.1, 0.15) is 30.4 Å². The van der Waals surface area contributed by atoms with Crippen LogP contribution in [0.25, 0.3) is 0 Å². The molecule has 2 aromatic carbocycles. The van der Waals surface area contributed by atoms with Crippen LogP contribution in [0.5, 0.6) is 0 Å². The van der Waals surface area contributed by atoms with Crippen molar-refractivity contribution in [2.24, 2.45) is 0 Å². The lowest BCUT2D eigenvalue weighted by Crippen LogP contribution is -2.18. The van der Waals surface area contributed by atoms with Gasteiger partial charge in [-0.1, -0.05) is 37.3 Å². The van der Waals surface area contributed by atoms with E-state index in [4.69, 9.17) is 4.74 Å². The molecule has 0 bridgehead atoms. The number of anilines is 2. The number of hydrogen-bond donors (Lipinski definition) is 2. The molecule has 0 saturated heterocycles. The van der Waals surface area contributed by atoms with E-state index in [0.717, 1.165) is 11.1 Å². The second-order valence-electron chi connectivity index (χ2n) is 6.07. The van der Waals surface area contributed by atoms with Crippen LogP contribution in [0.3, 0.4) is 0 Å². The summed E-state index contributed by atoms with van der Waals surface area (Å²) in [5.74, 6) is -0.0964. The lowest BCUT2D eigenvalue weighted by atomic mass is 9.97. The number of carbonyl (C=O) groups is 2. The Morgan fingerprint density at radius 2 is 1.76 bits per heavy atom. The maximum atomic E-state index is 12.3. The Hall–Kier alpha value is -2.66. The summed E-state index contributed by atoms with van der Waals surface area (Å²) < 4.78 is 4.80. The van der Waals surface area contributed by atoms with Crippen LogP contribution in [0.4, 0.5) is 11.4 Å². The SMILES string of the molecule is COCC(=O)Nc1ccc(NC(=O)C[C@@H](C)c2ccccc2)cc1C. The molecule has 5 nitrogen and oxygen atoms in total. The Morgan fingerprint density at radius 1 is 1.04 bits per heavy atom. The third-order valence-corrected chi connectivity index (χ3v) is 3.92. The van der Waals surface area contributed by atoms with Gasteiger partial charge in [-0.3, -0.25) is 9.59 Å². The summed E-state index contributed by atoms with van der Waals surface area (Å²) in [5, 5.41) is 5.68. The van der Waals surface area contributed by atoms with Gasteiger partial charge in [0.25, 0.3) is 0 Å². The molecule has 0 aromatic heterocycles. The molecule has 25 heavy (non-hydrogen) atoms. The Kier molecular flexibility index (Phi) is 6.71. The Bertz CT molecular complexity index is 729. The summed E-state index contributed by atoms with van der Waals surface area (Å²) in [6.45, 7) is 3.93. The van der Waals surface area contributed by atoms with Crippen LogP contribution in [-0.2, 0) is 14.3 Å². The predicted molar refractivity (Wildman–Crippen MR) is 99.8 cm³/mol. The summed E-state index contributed by atoms with van der Waals surface area (Å²) in [6, 6.07) is 15.4. The van der Waals surface area contributed by atoms with Crippen molar-refractivity contribution in [1.29, 1.82) is 0 Å². The van der Waals surface area contributed by atoms with Gasteiger partial charge in [0, 0.05) is 24.9 Å². The summed E-state index contributed by atoms with van der Waals surface area (Å²) in [6.07, 6.45) is 0.412. The molecule has 0 aliphatic rings. The van der Waals surface area contributed by atoms with Crippen LogP contribution in [0, 0.1) is 6.92 Å². The van der Waals surface area contributed by atoms with E-state index in [2.05, 4.69) is 10.6 Å². The standard InChI is InChI=1S/C20H24N2O3/c1-14(16-7-5-4-6-8-16)12-19(23)21-17-9-10-18(15(2)11-17)22-20(24)13-25-3/h4-11,14H,12-13H2,1-3H3,(H,21,23)(H,22,24)/t14-/m1/s1. The molecule has 5 heteroatoms. The molecule has 0 unspecified atom stereocenters. The van der Waals surface area contributed by atoms with Gasteiger partial charge in [-0.15, -0.1) is 0 Å². The van der Waals surface area contributed by atoms with Crippen LogP contribution < -0.4 is 10.6 Å². The number of methoxy groups -OCH3 is 1. The minimum atomic E-state index is -0.209. The van der Waals surface area contributed by atoms with Gasteiger partial charge in [-0.25, -0.2) is 0 Å². The second kappa shape index (κ2) is 8.99. The number of nitrogens with one attached hydrogen (secondary N) is 2. The molecule has 0 aliphatic heterocycles. The van der Waals surface area contributed by atoms with E-state index >= 15 is 0 Å². The summed E-state index contributed by atoms with van der Waals surface area (Å²) in [4.78, 5) is 23.8. The van der Waals surface area contributed by atoms with E-state index in [1.165, 1.54) is 7.11 Å². The first-order chi connectivity index (χ1) is 12.0. The number of ether oxygens (including phenoxy) is 1. The second-order valence-corrected chi connectivity index (χ2v) is 6.07. The van der Waals surface area contributed by atoms with E-state index < -0.39 is 0 Å². The Labute approximate surface area is 148 Å². The van der Waals surface area contributed by atoms with E-state index in [9.17, 15) is 9.59 Å². The zero-order valence-electron chi connectivity index (χ0n) is 14.8. The van der Waals surface area contributed by atoms with E-state index in [-0.39, 0.29) is 24.3 Å². The fourth-order valence-electron chi connectivity index (χ4n) is 2.59. The lowest BCUT2D eigenvalue weighted by Gasteiger charge is -2.13. The van der Waals surface area contributed by atoms with Crippen molar-refractivity contribution in [1.82, 2.24) is 0 Å². The van der Waals surface area contributed by atoms with Gasteiger partial charge in [0.1, 0.15) is 6.61 Å². The van der Waals surface area contributed by atoms with Crippen LogP contribution in [0.15, 0.2) is 48.5 Å². The van der Waals surface area contributed by atoms with Crippen molar-refractivity contribution in [2.75, 3.05) is 24.4 Å². The minimum absolute atomic E-state index is 0.00923. The fraction of sp³-hybridized carbons (Fsp3) is 0.300. The largest absolute Gasteiger partial charge is 0.375 e. The average molecular weight is 340 g/mol. The highest BCUT2D eigenvalue weighted by atomic mass is 16.5. The molecule has 0 fully saturated rings. The zero-order chi connectivity index (χ0) is 18.2. The fourth-order valence-corrected chi connectivity index (χ4v) is 2.59. The van der Waals surface area contributed by atoms with E-state index in [0.29, 0.717) is 17.8 Å².